The van der Waals surface area contributed by atoms with Crippen LogP contribution in [0.25, 0.3) is 0 Å². The second-order valence-electron chi connectivity index (χ2n) is 5.46. The first-order valence-corrected chi connectivity index (χ1v) is 7.23. The number of piperidine rings is 3. The number of fused-ring (bicyclic) bond motifs is 3. The minimum Gasteiger partial charge on any atom is -0.298 e. The number of nitrogens with zero attached hydrogens (tertiary/aromatic N) is 2. The highest BCUT2D eigenvalue weighted by atomic mass is 35.5. The summed E-state index contributed by atoms with van der Waals surface area (Å²) >= 11 is 5.93. The van der Waals surface area contributed by atoms with Crippen molar-refractivity contribution in [2.45, 2.75) is 19.0 Å². The van der Waals surface area contributed by atoms with Gasteiger partial charge in [-0.3, -0.25) is 10.3 Å². The summed E-state index contributed by atoms with van der Waals surface area (Å²) in [5.41, 5.74) is 3.17. The van der Waals surface area contributed by atoms with Crippen LogP contribution in [0.2, 0.25) is 5.02 Å². The topological polar surface area (TPSA) is 27.6 Å². The number of benzene rings is 1. The van der Waals surface area contributed by atoms with Crippen LogP contribution in [0.3, 0.4) is 0 Å². The maximum atomic E-state index is 12.7. The summed E-state index contributed by atoms with van der Waals surface area (Å²) in [6, 6.07) is 3.20. The first-order chi connectivity index (χ1) is 9.93. The third kappa shape index (κ3) is 3.16. The maximum Gasteiger partial charge on any atom is 0.416 e. The molecule has 2 bridgehead atoms. The van der Waals surface area contributed by atoms with E-state index in [-0.39, 0.29) is 10.7 Å². The molecule has 0 unspecified atom stereocenters. The van der Waals surface area contributed by atoms with E-state index in [0.717, 1.165) is 50.3 Å². The van der Waals surface area contributed by atoms with E-state index >= 15 is 0 Å². The van der Waals surface area contributed by atoms with Gasteiger partial charge < -0.3 is 0 Å². The molecule has 3 aliphatic heterocycles. The Bertz CT molecular complexity index is 563. The van der Waals surface area contributed by atoms with Gasteiger partial charge in [0.25, 0.3) is 0 Å². The van der Waals surface area contributed by atoms with Crippen molar-refractivity contribution in [2.24, 2.45) is 11.0 Å². The molecule has 0 amide bonds. The number of alkyl halides is 3. The van der Waals surface area contributed by atoms with Crippen LogP contribution in [0.1, 0.15) is 18.4 Å². The molecule has 1 aromatic rings. The molecule has 7 heteroatoms. The average Bonchev–Trinajstić information content (AvgIpc) is 2.46. The van der Waals surface area contributed by atoms with Crippen molar-refractivity contribution in [2.75, 3.05) is 25.1 Å². The third-order valence-corrected chi connectivity index (χ3v) is 4.39. The lowest BCUT2D eigenvalue weighted by Gasteiger charge is -2.39. The molecule has 4 rings (SSSR count). The van der Waals surface area contributed by atoms with Crippen molar-refractivity contribution >= 4 is 23.0 Å². The van der Waals surface area contributed by atoms with Gasteiger partial charge in [-0.05, 0) is 44.1 Å². The van der Waals surface area contributed by atoms with E-state index in [0.29, 0.717) is 5.92 Å². The Morgan fingerprint density at radius 3 is 2.52 bits per heavy atom. The van der Waals surface area contributed by atoms with Gasteiger partial charge in [-0.15, -0.1) is 0 Å². The number of anilines is 1. The molecule has 1 aromatic carbocycles. The Morgan fingerprint density at radius 2 is 1.95 bits per heavy atom. The minimum atomic E-state index is -4.39. The molecule has 3 aliphatic rings. The number of hydrogen-bond donors (Lipinski definition) is 1. The van der Waals surface area contributed by atoms with Crippen LogP contribution in [0, 0.1) is 5.92 Å². The lowest BCUT2D eigenvalue weighted by Crippen LogP contribution is -2.48. The van der Waals surface area contributed by atoms with Crippen LogP contribution in [0.15, 0.2) is 23.3 Å². The van der Waals surface area contributed by atoms with Crippen LogP contribution in [-0.2, 0) is 6.18 Å². The highest BCUT2D eigenvalue weighted by molar-refractivity contribution is 6.33. The number of halogens is 4. The highest BCUT2D eigenvalue weighted by Crippen LogP contribution is 2.34. The van der Waals surface area contributed by atoms with Crippen LogP contribution < -0.4 is 5.43 Å². The van der Waals surface area contributed by atoms with Crippen molar-refractivity contribution in [3.8, 4) is 0 Å². The van der Waals surface area contributed by atoms with E-state index in [9.17, 15) is 13.2 Å². The summed E-state index contributed by atoms with van der Waals surface area (Å²) in [7, 11) is 0. The number of nitrogens with one attached hydrogen (secondary N) is 1. The zero-order chi connectivity index (χ0) is 15.0. The molecule has 0 saturated carbocycles. The largest absolute Gasteiger partial charge is 0.416 e. The standard InChI is InChI=1S/C14H15ClF3N3/c15-11-2-1-10(14(16,17)18)7-12(11)19-20-13-8-21-5-3-9(13)4-6-21/h1-2,7,9,19H,3-6,8H2/b20-13+. The molecular formula is C14H15ClF3N3. The van der Waals surface area contributed by atoms with Gasteiger partial charge in [0, 0.05) is 12.5 Å². The van der Waals surface area contributed by atoms with Crippen LogP contribution in [-0.4, -0.2) is 30.2 Å². The van der Waals surface area contributed by atoms with Crippen molar-refractivity contribution < 1.29 is 13.2 Å². The average molecular weight is 318 g/mol. The lowest BCUT2D eigenvalue weighted by molar-refractivity contribution is -0.137. The zero-order valence-corrected chi connectivity index (χ0v) is 12.0. The molecule has 21 heavy (non-hydrogen) atoms. The Hall–Kier alpha value is -1.27. The molecule has 0 spiro atoms. The molecule has 3 saturated heterocycles. The number of hydrazone groups is 1. The van der Waals surface area contributed by atoms with Crippen LogP contribution >= 0.6 is 11.6 Å². The van der Waals surface area contributed by atoms with Gasteiger partial charge in [0.15, 0.2) is 0 Å². The van der Waals surface area contributed by atoms with Crippen LogP contribution in [0.5, 0.6) is 0 Å². The Morgan fingerprint density at radius 1 is 1.24 bits per heavy atom. The molecular weight excluding hydrogens is 303 g/mol. The van der Waals surface area contributed by atoms with E-state index in [2.05, 4.69) is 15.4 Å². The predicted octanol–water partition coefficient (Wildman–Crippen LogP) is 3.85. The molecule has 3 nitrogen and oxygen atoms in total. The molecule has 0 aromatic heterocycles. The second kappa shape index (κ2) is 5.50. The molecule has 3 fully saturated rings. The SMILES string of the molecule is FC(F)(F)c1ccc(Cl)c(N/N=C2\CN3CCC2CC3)c1. The van der Waals surface area contributed by atoms with Crippen molar-refractivity contribution in [3.05, 3.63) is 28.8 Å². The smallest absolute Gasteiger partial charge is 0.298 e. The fourth-order valence-electron chi connectivity index (χ4n) is 2.83. The Labute approximate surface area is 125 Å². The van der Waals surface area contributed by atoms with Gasteiger partial charge in [-0.25, -0.2) is 0 Å². The second-order valence-corrected chi connectivity index (χ2v) is 5.86. The van der Waals surface area contributed by atoms with E-state index in [1.54, 1.807) is 0 Å². The van der Waals surface area contributed by atoms with Gasteiger partial charge >= 0.3 is 6.18 Å². The first-order valence-electron chi connectivity index (χ1n) is 6.85. The normalized spacial score (nSPS) is 27.1. The van der Waals surface area contributed by atoms with Gasteiger partial charge in [0.1, 0.15) is 0 Å². The van der Waals surface area contributed by atoms with E-state index in [4.69, 9.17) is 11.6 Å². The van der Waals surface area contributed by atoms with Gasteiger partial charge in [0.05, 0.1) is 22.0 Å². The summed E-state index contributed by atoms with van der Waals surface area (Å²) in [6.45, 7) is 2.94. The van der Waals surface area contributed by atoms with E-state index in [1.165, 1.54) is 6.07 Å². The van der Waals surface area contributed by atoms with Crippen molar-refractivity contribution in [1.82, 2.24) is 4.90 Å². The Kier molecular flexibility index (Phi) is 3.84. The quantitative estimate of drug-likeness (QED) is 0.839. The summed E-state index contributed by atoms with van der Waals surface area (Å²) in [5, 5.41) is 4.52. The van der Waals surface area contributed by atoms with Gasteiger partial charge in [-0.2, -0.15) is 18.3 Å². The zero-order valence-electron chi connectivity index (χ0n) is 11.3. The summed E-state index contributed by atoms with van der Waals surface area (Å²) in [4.78, 5) is 2.30. The Balaban J connectivity index is 1.79. The van der Waals surface area contributed by atoms with Gasteiger partial charge in [-0.1, -0.05) is 11.6 Å². The molecule has 0 aliphatic carbocycles. The van der Waals surface area contributed by atoms with Crippen molar-refractivity contribution in [3.63, 3.8) is 0 Å². The fourth-order valence-corrected chi connectivity index (χ4v) is 2.99. The predicted molar refractivity (Wildman–Crippen MR) is 76.7 cm³/mol. The molecule has 1 N–H and O–H groups in total. The van der Waals surface area contributed by atoms with Crippen LogP contribution in [0.4, 0.5) is 18.9 Å². The number of hydrogen-bond acceptors (Lipinski definition) is 3. The molecule has 0 radical (unpaired) electrons. The number of rotatable bonds is 2. The summed E-state index contributed by atoms with van der Waals surface area (Å²) in [5.74, 6) is 0.437. The summed E-state index contributed by atoms with van der Waals surface area (Å²) in [6.07, 6.45) is -2.25. The lowest BCUT2D eigenvalue weighted by atomic mass is 9.87. The minimum absolute atomic E-state index is 0.190. The van der Waals surface area contributed by atoms with Gasteiger partial charge in [0.2, 0.25) is 0 Å². The fraction of sp³-hybridized carbons (Fsp3) is 0.500. The van der Waals surface area contributed by atoms with E-state index < -0.39 is 11.7 Å². The molecule has 0 atom stereocenters. The molecule has 3 heterocycles. The maximum absolute atomic E-state index is 12.7. The monoisotopic (exact) mass is 317 g/mol. The summed E-state index contributed by atoms with van der Waals surface area (Å²) < 4.78 is 38.1. The first kappa shape index (κ1) is 14.7. The third-order valence-electron chi connectivity index (χ3n) is 4.06. The highest BCUT2D eigenvalue weighted by Gasteiger charge is 2.32. The van der Waals surface area contributed by atoms with E-state index in [1.807, 2.05) is 0 Å². The molecule has 114 valence electrons. The van der Waals surface area contributed by atoms with Crippen molar-refractivity contribution in [1.29, 1.82) is 0 Å².